The molecular weight excluding hydrogens is 316 g/mol. The van der Waals surface area contributed by atoms with Crippen LogP contribution in [0.3, 0.4) is 0 Å². The lowest BCUT2D eigenvalue weighted by molar-refractivity contribution is 0.0356. The van der Waals surface area contributed by atoms with E-state index in [1.165, 1.54) is 0 Å². The van der Waals surface area contributed by atoms with Crippen molar-refractivity contribution in [1.29, 1.82) is 0 Å². The first-order valence-electron chi connectivity index (χ1n) is 8.43. The van der Waals surface area contributed by atoms with Crippen LogP contribution in [0, 0.1) is 12.3 Å². The molecule has 0 radical (unpaired) electrons. The molecule has 0 bridgehead atoms. The van der Waals surface area contributed by atoms with Crippen LogP contribution in [0.2, 0.25) is 0 Å². The number of aromatic nitrogens is 2. The molecule has 3 rings (SSSR count). The summed E-state index contributed by atoms with van der Waals surface area (Å²) in [6.45, 7) is 5.21. The van der Waals surface area contributed by atoms with Crippen molar-refractivity contribution in [1.82, 2.24) is 14.9 Å². The van der Waals surface area contributed by atoms with Gasteiger partial charge in [0.25, 0.3) is 0 Å². The zero-order valence-corrected chi connectivity index (χ0v) is 14.1. The molecule has 1 aromatic carbocycles. The molecule has 2 heterocycles. The smallest absolute Gasteiger partial charge is 0.318 e. The highest BCUT2D eigenvalue weighted by molar-refractivity contribution is 5.58. The van der Waals surface area contributed by atoms with Crippen molar-refractivity contribution < 1.29 is 9.47 Å². The minimum absolute atomic E-state index is 0.375. The number of morpholine rings is 1. The highest BCUT2D eigenvalue weighted by atomic mass is 16.5. The fourth-order valence-electron chi connectivity index (χ4n) is 2.59. The zero-order valence-electron chi connectivity index (χ0n) is 14.1. The first kappa shape index (κ1) is 17.2. The topological polar surface area (TPSA) is 59.5 Å². The lowest BCUT2D eigenvalue weighted by Gasteiger charge is -2.26. The van der Waals surface area contributed by atoms with E-state index >= 15 is 0 Å². The lowest BCUT2D eigenvalue weighted by Crippen LogP contribution is -2.37. The summed E-state index contributed by atoms with van der Waals surface area (Å²) in [5.74, 6) is 3.29. The molecule has 0 atom stereocenters. The lowest BCUT2D eigenvalue weighted by atomic mass is 10.2. The van der Waals surface area contributed by atoms with Crippen LogP contribution in [0.15, 0.2) is 36.5 Å². The fourth-order valence-corrected chi connectivity index (χ4v) is 2.59. The third-order valence-electron chi connectivity index (χ3n) is 3.89. The number of rotatable bonds is 7. The molecular formula is C19H22N4O2. The highest BCUT2D eigenvalue weighted by Gasteiger charge is 2.09. The van der Waals surface area contributed by atoms with Crippen molar-refractivity contribution >= 4 is 11.5 Å². The predicted octanol–water partition coefficient (Wildman–Crippen LogP) is 2.30. The second kappa shape index (κ2) is 9.02. The van der Waals surface area contributed by atoms with Crippen molar-refractivity contribution in [3.8, 4) is 18.4 Å². The third kappa shape index (κ3) is 5.45. The SMILES string of the molecule is C#Cc1cccc(Nc2ccnc(OCCCN3CCOCC3)n2)c1. The Labute approximate surface area is 148 Å². The molecule has 0 aliphatic carbocycles. The van der Waals surface area contributed by atoms with Gasteiger partial charge in [-0.05, 0) is 30.7 Å². The minimum atomic E-state index is 0.375. The predicted molar refractivity (Wildman–Crippen MR) is 97.1 cm³/mol. The maximum Gasteiger partial charge on any atom is 0.318 e. The van der Waals surface area contributed by atoms with E-state index < -0.39 is 0 Å². The number of nitrogens with one attached hydrogen (secondary N) is 1. The van der Waals surface area contributed by atoms with Crippen molar-refractivity contribution in [2.45, 2.75) is 6.42 Å². The molecule has 1 saturated heterocycles. The zero-order chi connectivity index (χ0) is 17.3. The van der Waals surface area contributed by atoms with Gasteiger partial charge in [0, 0.05) is 37.1 Å². The summed E-state index contributed by atoms with van der Waals surface area (Å²) in [4.78, 5) is 10.9. The summed E-state index contributed by atoms with van der Waals surface area (Å²) in [5.41, 5.74) is 1.70. The summed E-state index contributed by atoms with van der Waals surface area (Å²) in [6.07, 6.45) is 8.04. The van der Waals surface area contributed by atoms with Crippen molar-refractivity contribution in [2.75, 3.05) is 44.8 Å². The molecule has 1 aromatic heterocycles. The van der Waals surface area contributed by atoms with Crippen LogP contribution in [0.4, 0.5) is 11.5 Å². The van der Waals surface area contributed by atoms with Crippen LogP contribution in [-0.2, 0) is 4.74 Å². The summed E-state index contributed by atoms with van der Waals surface area (Å²) >= 11 is 0. The molecule has 0 spiro atoms. The monoisotopic (exact) mass is 338 g/mol. The van der Waals surface area contributed by atoms with Crippen molar-refractivity contribution in [3.05, 3.63) is 42.1 Å². The quantitative estimate of drug-likeness (QED) is 0.617. The maximum absolute atomic E-state index is 5.67. The van der Waals surface area contributed by atoms with Crippen molar-refractivity contribution in [2.24, 2.45) is 0 Å². The van der Waals surface area contributed by atoms with Gasteiger partial charge in [0.05, 0.1) is 19.8 Å². The molecule has 2 aromatic rings. The van der Waals surface area contributed by atoms with Gasteiger partial charge in [0.2, 0.25) is 0 Å². The average molecular weight is 338 g/mol. The molecule has 6 nitrogen and oxygen atoms in total. The van der Waals surface area contributed by atoms with E-state index in [4.69, 9.17) is 15.9 Å². The Balaban J connectivity index is 1.48. The third-order valence-corrected chi connectivity index (χ3v) is 3.89. The number of terminal acetylenes is 1. The van der Waals surface area contributed by atoms with Gasteiger partial charge in [-0.3, -0.25) is 4.90 Å². The van der Waals surface area contributed by atoms with Gasteiger partial charge in [-0.2, -0.15) is 4.98 Å². The second-order valence-electron chi connectivity index (χ2n) is 5.73. The Morgan fingerprint density at radius 3 is 3.00 bits per heavy atom. The largest absolute Gasteiger partial charge is 0.463 e. The van der Waals surface area contributed by atoms with Crippen LogP contribution >= 0.6 is 0 Å². The first-order chi connectivity index (χ1) is 12.3. The molecule has 1 aliphatic rings. The van der Waals surface area contributed by atoms with E-state index in [2.05, 4.69) is 26.1 Å². The van der Waals surface area contributed by atoms with Crippen LogP contribution < -0.4 is 10.1 Å². The average Bonchev–Trinajstić information content (AvgIpc) is 2.67. The summed E-state index contributed by atoms with van der Waals surface area (Å²) in [6, 6.07) is 9.79. The number of ether oxygens (including phenoxy) is 2. The summed E-state index contributed by atoms with van der Waals surface area (Å²) < 4.78 is 11.0. The van der Waals surface area contributed by atoms with E-state index in [1.807, 2.05) is 24.3 Å². The Bertz CT molecular complexity index is 723. The van der Waals surface area contributed by atoms with E-state index in [-0.39, 0.29) is 0 Å². The van der Waals surface area contributed by atoms with Gasteiger partial charge in [-0.1, -0.05) is 12.0 Å². The van der Waals surface area contributed by atoms with Crippen LogP contribution in [-0.4, -0.2) is 54.3 Å². The van der Waals surface area contributed by atoms with Gasteiger partial charge in [-0.25, -0.2) is 4.98 Å². The number of nitrogens with zero attached hydrogens (tertiary/aromatic N) is 3. The normalized spacial score (nSPS) is 14.7. The Kier molecular flexibility index (Phi) is 6.21. The molecule has 6 heteroatoms. The van der Waals surface area contributed by atoms with E-state index in [0.717, 1.165) is 50.5 Å². The summed E-state index contributed by atoms with van der Waals surface area (Å²) in [7, 11) is 0. The Hall–Kier alpha value is -2.62. The molecule has 1 aliphatic heterocycles. The van der Waals surface area contributed by atoms with Crippen LogP contribution in [0.5, 0.6) is 6.01 Å². The Morgan fingerprint density at radius 2 is 2.16 bits per heavy atom. The Morgan fingerprint density at radius 1 is 1.28 bits per heavy atom. The maximum atomic E-state index is 5.67. The second-order valence-corrected chi connectivity index (χ2v) is 5.73. The van der Waals surface area contributed by atoms with E-state index in [9.17, 15) is 0 Å². The molecule has 130 valence electrons. The number of hydrogen-bond donors (Lipinski definition) is 1. The molecule has 0 unspecified atom stereocenters. The van der Waals surface area contributed by atoms with Gasteiger partial charge >= 0.3 is 6.01 Å². The van der Waals surface area contributed by atoms with Gasteiger partial charge in [0.15, 0.2) is 0 Å². The first-order valence-corrected chi connectivity index (χ1v) is 8.43. The van der Waals surface area contributed by atoms with Gasteiger partial charge in [-0.15, -0.1) is 6.42 Å². The van der Waals surface area contributed by atoms with E-state index in [0.29, 0.717) is 18.4 Å². The molecule has 25 heavy (non-hydrogen) atoms. The number of anilines is 2. The van der Waals surface area contributed by atoms with Crippen LogP contribution in [0.25, 0.3) is 0 Å². The summed E-state index contributed by atoms with van der Waals surface area (Å²) in [5, 5.41) is 3.21. The molecule has 1 fully saturated rings. The minimum Gasteiger partial charge on any atom is -0.463 e. The van der Waals surface area contributed by atoms with Gasteiger partial charge in [0.1, 0.15) is 5.82 Å². The highest BCUT2D eigenvalue weighted by Crippen LogP contribution is 2.17. The molecule has 0 amide bonds. The fraction of sp³-hybridized carbons (Fsp3) is 0.368. The number of benzene rings is 1. The standard InChI is InChI=1S/C19H22N4O2/c1-2-16-5-3-6-17(15-16)21-18-7-8-20-19(22-18)25-12-4-9-23-10-13-24-14-11-23/h1,3,5-8,15H,4,9-14H2,(H,20,21,22). The van der Waals surface area contributed by atoms with E-state index in [1.54, 1.807) is 12.3 Å². The molecule has 1 N–H and O–H groups in total. The van der Waals surface area contributed by atoms with Gasteiger partial charge < -0.3 is 14.8 Å². The van der Waals surface area contributed by atoms with Crippen molar-refractivity contribution in [3.63, 3.8) is 0 Å². The number of hydrogen-bond acceptors (Lipinski definition) is 6. The van der Waals surface area contributed by atoms with Crippen LogP contribution in [0.1, 0.15) is 12.0 Å². The molecule has 0 saturated carbocycles.